The molecule has 0 radical (unpaired) electrons. The van der Waals surface area contributed by atoms with Crippen LogP contribution in [0.3, 0.4) is 0 Å². The summed E-state index contributed by atoms with van der Waals surface area (Å²) in [5, 5.41) is 12.1. The highest BCUT2D eigenvalue weighted by Gasteiger charge is 2.34. The van der Waals surface area contributed by atoms with Gasteiger partial charge in [0.25, 0.3) is 5.91 Å². The summed E-state index contributed by atoms with van der Waals surface area (Å²) in [6.45, 7) is 3.27. The number of fused-ring (bicyclic) bond motifs is 3. The minimum Gasteiger partial charge on any atom is -0.439 e. The molecule has 2 bridgehead atoms. The molecule has 1 N–H and O–H groups in total. The van der Waals surface area contributed by atoms with Gasteiger partial charge in [0.05, 0.1) is 11.6 Å². The van der Waals surface area contributed by atoms with Crippen LogP contribution in [0.5, 0.6) is 11.6 Å². The summed E-state index contributed by atoms with van der Waals surface area (Å²) in [5.41, 5.74) is 1.11. The molecule has 1 atom stereocenters. The molecule has 3 aliphatic heterocycles. The first-order valence-electron chi connectivity index (χ1n) is 8.88. The monoisotopic (exact) mass is 348 g/mol. The molecule has 4 heterocycles. The summed E-state index contributed by atoms with van der Waals surface area (Å²) in [5.74, 6) is 1.49. The second kappa shape index (κ2) is 7.14. The molecule has 2 aromatic rings. The summed E-state index contributed by atoms with van der Waals surface area (Å²) in [7, 11) is 0. The summed E-state index contributed by atoms with van der Waals surface area (Å²) in [6.07, 6.45) is 3.88. The Hall–Kier alpha value is -2.91. The Morgan fingerprint density at radius 1 is 1.23 bits per heavy atom. The number of hydrogen-bond acceptors (Lipinski definition) is 5. The van der Waals surface area contributed by atoms with Gasteiger partial charge in [-0.05, 0) is 62.2 Å². The van der Waals surface area contributed by atoms with Crippen molar-refractivity contribution in [2.75, 3.05) is 19.6 Å². The zero-order valence-electron chi connectivity index (χ0n) is 14.4. The lowest BCUT2D eigenvalue weighted by Crippen LogP contribution is -2.57. The van der Waals surface area contributed by atoms with Crippen molar-refractivity contribution in [3.05, 3.63) is 53.7 Å². The van der Waals surface area contributed by atoms with Crippen LogP contribution in [0.2, 0.25) is 0 Å². The van der Waals surface area contributed by atoms with E-state index in [1.54, 1.807) is 36.4 Å². The minimum atomic E-state index is -0.0418. The van der Waals surface area contributed by atoms with Gasteiger partial charge >= 0.3 is 0 Å². The quantitative estimate of drug-likeness (QED) is 0.919. The van der Waals surface area contributed by atoms with Gasteiger partial charge in [-0.25, -0.2) is 4.98 Å². The molecule has 0 unspecified atom stereocenters. The molecule has 0 aliphatic carbocycles. The third-order valence-electron chi connectivity index (χ3n) is 5.18. The number of carbonyl (C=O) groups is 1. The summed E-state index contributed by atoms with van der Waals surface area (Å²) in [4.78, 5) is 19.0. The molecule has 132 valence electrons. The number of hydrogen-bond donors (Lipinski definition) is 1. The molecule has 5 rings (SSSR count). The van der Waals surface area contributed by atoms with Crippen LogP contribution in [0.1, 0.15) is 28.8 Å². The highest BCUT2D eigenvalue weighted by Crippen LogP contribution is 2.28. The van der Waals surface area contributed by atoms with Crippen molar-refractivity contribution in [2.24, 2.45) is 5.92 Å². The van der Waals surface area contributed by atoms with Gasteiger partial charge in [-0.1, -0.05) is 0 Å². The maximum absolute atomic E-state index is 12.5. The van der Waals surface area contributed by atoms with E-state index < -0.39 is 0 Å². The second-order valence-electron chi connectivity index (χ2n) is 6.84. The topological polar surface area (TPSA) is 78.2 Å². The van der Waals surface area contributed by atoms with E-state index in [-0.39, 0.29) is 11.9 Å². The largest absolute Gasteiger partial charge is 0.439 e. The fourth-order valence-corrected chi connectivity index (χ4v) is 3.71. The Balaban J connectivity index is 1.39. The molecule has 6 nitrogen and oxygen atoms in total. The van der Waals surface area contributed by atoms with Crippen molar-refractivity contribution in [3.63, 3.8) is 0 Å². The molecule has 26 heavy (non-hydrogen) atoms. The third-order valence-corrected chi connectivity index (χ3v) is 5.18. The van der Waals surface area contributed by atoms with Gasteiger partial charge in [0.2, 0.25) is 5.88 Å². The van der Waals surface area contributed by atoms with Crippen LogP contribution in [0.15, 0.2) is 42.6 Å². The molecule has 1 amide bonds. The van der Waals surface area contributed by atoms with Gasteiger partial charge in [0.15, 0.2) is 0 Å². The molecule has 1 aromatic heterocycles. The second-order valence-corrected chi connectivity index (χ2v) is 6.84. The van der Waals surface area contributed by atoms with Gasteiger partial charge < -0.3 is 15.0 Å². The standard InChI is InChI=1S/C20H20N4O2/c21-12-14-5-8-22-19(11-14)26-17-3-1-16(2-4-17)20(25)23-18-13-24-9-6-15(18)7-10-24/h1-5,8,11,15,18H,6-7,9-10,13H2,(H,23,25)/t18-/m0/s1. The van der Waals surface area contributed by atoms with Crippen molar-refractivity contribution in [2.45, 2.75) is 18.9 Å². The lowest BCUT2D eigenvalue weighted by molar-refractivity contribution is 0.0620. The maximum atomic E-state index is 12.5. The molecule has 0 saturated carbocycles. The van der Waals surface area contributed by atoms with E-state index in [0.717, 1.165) is 19.6 Å². The van der Waals surface area contributed by atoms with Gasteiger partial charge in [-0.2, -0.15) is 5.26 Å². The molecular weight excluding hydrogens is 328 g/mol. The number of aromatic nitrogens is 1. The van der Waals surface area contributed by atoms with E-state index in [1.165, 1.54) is 19.0 Å². The number of nitrogens with zero attached hydrogens (tertiary/aromatic N) is 3. The van der Waals surface area contributed by atoms with Crippen LogP contribution in [0.25, 0.3) is 0 Å². The van der Waals surface area contributed by atoms with E-state index >= 15 is 0 Å². The zero-order valence-corrected chi connectivity index (χ0v) is 14.4. The minimum absolute atomic E-state index is 0.0418. The lowest BCUT2D eigenvalue weighted by atomic mass is 9.84. The number of nitrogens with one attached hydrogen (secondary N) is 1. The summed E-state index contributed by atoms with van der Waals surface area (Å²) in [6, 6.07) is 12.5. The van der Waals surface area contributed by atoms with Crippen molar-refractivity contribution in [3.8, 4) is 17.7 Å². The van der Waals surface area contributed by atoms with E-state index in [9.17, 15) is 4.79 Å². The third kappa shape index (κ3) is 3.53. The number of pyridine rings is 1. The van der Waals surface area contributed by atoms with E-state index in [1.807, 2.05) is 0 Å². The van der Waals surface area contributed by atoms with Crippen LogP contribution >= 0.6 is 0 Å². The highest BCUT2D eigenvalue weighted by molar-refractivity contribution is 5.94. The molecule has 0 spiro atoms. The predicted octanol–water partition coefficient (Wildman–Crippen LogP) is 2.57. The van der Waals surface area contributed by atoms with Crippen LogP contribution in [0, 0.1) is 17.2 Å². The van der Waals surface area contributed by atoms with Crippen LogP contribution in [-0.2, 0) is 0 Å². The van der Waals surface area contributed by atoms with E-state index in [0.29, 0.717) is 28.7 Å². The highest BCUT2D eigenvalue weighted by atomic mass is 16.5. The lowest BCUT2D eigenvalue weighted by Gasteiger charge is -2.44. The molecule has 1 aromatic carbocycles. The first kappa shape index (κ1) is 16.6. The number of nitriles is 1. The predicted molar refractivity (Wildman–Crippen MR) is 95.9 cm³/mol. The number of piperidine rings is 3. The van der Waals surface area contributed by atoms with Crippen LogP contribution in [0.4, 0.5) is 0 Å². The number of ether oxygens (including phenoxy) is 1. The summed E-state index contributed by atoms with van der Waals surface area (Å²) < 4.78 is 5.65. The van der Waals surface area contributed by atoms with E-state index in [4.69, 9.17) is 10.00 Å². The fraction of sp³-hybridized carbons (Fsp3) is 0.350. The van der Waals surface area contributed by atoms with E-state index in [2.05, 4.69) is 21.3 Å². The van der Waals surface area contributed by atoms with Gasteiger partial charge in [-0.15, -0.1) is 0 Å². The number of carbonyl (C=O) groups excluding carboxylic acids is 1. The molecule has 6 heteroatoms. The summed E-state index contributed by atoms with van der Waals surface area (Å²) >= 11 is 0. The Morgan fingerprint density at radius 2 is 2.00 bits per heavy atom. The fourth-order valence-electron chi connectivity index (χ4n) is 3.71. The van der Waals surface area contributed by atoms with Crippen molar-refractivity contribution in [1.82, 2.24) is 15.2 Å². The molecule has 3 fully saturated rings. The number of rotatable bonds is 4. The molecule has 3 aliphatic rings. The molecular formula is C20H20N4O2. The average Bonchev–Trinajstić information content (AvgIpc) is 2.69. The van der Waals surface area contributed by atoms with Gasteiger partial charge in [0, 0.05) is 30.4 Å². The van der Waals surface area contributed by atoms with Gasteiger partial charge in [-0.3, -0.25) is 4.79 Å². The molecule has 3 saturated heterocycles. The Morgan fingerprint density at radius 3 is 2.65 bits per heavy atom. The zero-order chi connectivity index (χ0) is 17.9. The van der Waals surface area contributed by atoms with Crippen molar-refractivity contribution < 1.29 is 9.53 Å². The van der Waals surface area contributed by atoms with Crippen molar-refractivity contribution >= 4 is 5.91 Å². The Labute approximate surface area is 152 Å². The Kier molecular flexibility index (Phi) is 4.55. The SMILES string of the molecule is N#Cc1ccnc(Oc2ccc(C(=O)N[C@H]3CN4CCC3CC4)cc2)c1. The van der Waals surface area contributed by atoms with Crippen molar-refractivity contribution in [1.29, 1.82) is 5.26 Å². The first-order chi connectivity index (χ1) is 12.7. The smallest absolute Gasteiger partial charge is 0.251 e. The van der Waals surface area contributed by atoms with Crippen LogP contribution < -0.4 is 10.1 Å². The van der Waals surface area contributed by atoms with Crippen LogP contribution in [-0.4, -0.2) is 41.5 Å². The number of amides is 1. The average molecular weight is 348 g/mol. The normalized spacial score (nSPS) is 23.9. The number of benzene rings is 1. The first-order valence-corrected chi connectivity index (χ1v) is 8.88. The maximum Gasteiger partial charge on any atom is 0.251 e. The van der Waals surface area contributed by atoms with Gasteiger partial charge in [0.1, 0.15) is 5.75 Å². The Bertz CT molecular complexity index is 836.